The summed E-state index contributed by atoms with van der Waals surface area (Å²) in [6.07, 6.45) is 1.58. The molecule has 2 aromatic rings. The first-order chi connectivity index (χ1) is 13.0. The highest BCUT2D eigenvalue weighted by Gasteiger charge is 2.34. The molecule has 3 rings (SSSR count). The van der Waals surface area contributed by atoms with Crippen LogP contribution in [0.1, 0.15) is 38.3 Å². The maximum absolute atomic E-state index is 12.3. The number of likely N-dealkylation sites (N-methyl/N-ethyl adjacent to an activating group) is 1. The van der Waals surface area contributed by atoms with E-state index in [4.69, 9.17) is 5.11 Å². The number of carbonyl (C=O) groups is 2. The van der Waals surface area contributed by atoms with Crippen LogP contribution >= 0.6 is 0 Å². The maximum atomic E-state index is 12.3. The molecule has 1 saturated carbocycles. The van der Waals surface area contributed by atoms with Gasteiger partial charge in [-0.05, 0) is 48.7 Å². The predicted octanol–water partition coefficient (Wildman–Crippen LogP) is 3.14. The van der Waals surface area contributed by atoms with Gasteiger partial charge < -0.3 is 15.7 Å². The standard InChI is InChI=1S/C21H27N3O3/c1-3-24(13-20(25)26)19-11-18(12-19)23-21(27)22-14(2)16-9-8-15-6-4-5-7-17(15)10-16/h4-10,14,18-19H,3,11-13H2,1-2H3,(H,25,26)(H2,22,23,27). The van der Waals surface area contributed by atoms with Crippen molar-refractivity contribution in [1.82, 2.24) is 15.5 Å². The number of carboxylic acids is 1. The average molecular weight is 369 g/mol. The fraction of sp³-hybridized carbons (Fsp3) is 0.429. The fourth-order valence-electron chi connectivity index (χ4n) is 3.66. The third kappa shape index (κ3) is 4.77. The largest absolute Gasteiger partial charge is 0.480 e. The van der Waals surface area contributed by atoms with Crippen LogP contribution in [0.4, 0.5) is 4.79 Å². The normalized spacial score (nSPS) is 20.1. The number of aliphatic carboxylic acids is 1. The summed E-state index contributed by atoms with van der Waals surface area (Å²) in [4.78, 5) is 25.1. The molecule has 6 nitrogen and oxygen atoms in total. The Bertz CT molecular complexity index is 817. The summed E-state index contributed by atoms with van der Waals surface area (Å²) < 4.78 is 0. The van der Waals surface area contributed by atoms with Crippen molar-refractivity contribution in [3.05, 3.63) is 48.0 Å². The lowest BCUT2D eigenvalue weighted by Crippen LogP contribution is -2.56. The first kappa shape index (κ1) is 19.2. The van der Waals surface area contributed by atoms with Gasteiger partial charge in [0.05, 0.1) is 12.6 Å². The van der Waals surface area contributed by atoms with Crippen LogP contribution < -0.4 is 10.6 Å². The third-order valence-corrected chi connectivity index (χ3v) is 5.33. The van der Waals surface area contributed by atoms with Crippen molar-refractivity contribution in [2.75, 3.05) is 13.1 Å². The number of carbonyl (C=O) groups excluding carboxylic acids is 1. The molecule has 3 N–H and O–H groups in total. The van der Waals surface area contributed by atoms with Gasteiger partial charge in [-0.1, -0.05) is 43.3 Å². The lowest BCUT2D eigenvalue weighted by molar-refractivity contribution is -0.139. The quantitative estimate of drug-likeness (QED) is 0.700. The second-order valence-corrected chi connectivity index (χ2v) is 7.23. The number of fused-ring (bicyclic) bond motifs is 1. The smallest absolute Gasteiger partial charge is 0.317 e. The minimum atomic E-state index is -0.810. The zero-order valence-corrected chi connectivity index (χ0v) is 15.8. The molecule has 1 aliphatic carbocycles. The van der Waals surface area contributed by atoms with Gasteiger partial charge in [0.25, 0.3) is 0 Å². The number of nitrogens with zero attached hydrogens (tertiary/aromatic N) is 1. The summed E-state index contributed by atoms with van der Waals surface area (Å²) in [6.45, 7) is 4.69. The Labute approximate surface area is 159 Å². The van der Waals surface area contributed by atoms with E-state index in [1.165, 1.54) is 5.39 Å². The molecule has 6 heteroatoms. The monoisotopic (exact) mass is 369 g/mol. The molecule has 0 saturated heterocycles. The zero-order valence-electron chi connectivity index (χ0n) is 15.8. The first-order valence-electron chi connectivity index (χ1n) is 9.47. The molecule has 1 fully saturated rings. The van der Waals surface area contributed by atoms with Crippen LogP contribution in [-0.4, -0.2) is 47.2 Å². The van der Waals surface area contributed by atoms with Crippen LogP contribution in [0.3, 0.4) is 0 Å². The van der Waals surface area contributed by atoms with Gasteiger partial charge in [0.15, 0.2) is 0 Å². The SMILES string of the molecule is CCN(CC(=O)O)C1CC(NC(=O)NC(C)c2ccc3ccccc3c2)C1. The molecule has 27 heavy (non-hydrogen) atoms. The highest BCUT2D eigenvalue weighted by Crippen LogP contribution is 2.26. The van der Waals surface area contributed by atoms with Gasteiger partial charge in [-0.2, -0.15) is 0 Å². The molecular formula is C21H27N3O3. The lowest BCUT2D eigenvalue weighted by Gasteiger charge is -2.42. The summed E-state index contributed by atoms with van der Waals surface area (Å²) in [5.41, 5.74) is 1.06. The Balaban J connectivity index is 1.48. The molecule has 0 radical (unpaired) electrons. The molecule has 0 spiro atoms. The first-order valence-corrected chi connectivity index (χ1v) is 9.47. The highest BCUT2D eigenvalue weighted by molar-refractivity contribution is 5.83. The van der Waals surface area contributed by atoms with Crippen LogP contribution in [0.5, 0.6) is 0 Å². The van der Waals surface area contributed by atoms with E-state index in [0.29, 0.717) is 6.54 Å². The number of nitrogens with one attached hydrogen (secondary N) is 2. The molecule has 2 aromatic carbocycles. The average Bonchev–Trinajstić information content (AvgIpc) is 2.62. The number of carboxylic acid groups (broad SMARTS) is 1. The number of urea groups is 1. The Morgan fingerprint density at radius 3 is 2.56 bits per heavy atom. The number of rotatable bonds is 7. The Morgan fingerprint density at radius 2 is 1.89 bits per heavy atom. The van der Waals surface area contributed by atoms with Gasteiger partial charge in [-0.25, -0.2) is 4.79 Å². The van der Waals surface area contributed by atoms with E-state index >= 15 is 0 Å². The Kier molecular flexibility index (Phi) is 5.96. The molecule has 1 aliphatic rings. The summed E-state index contributed by atoms with van der Waals surface area (Å²) in [5.74, 6) is -0.810. The zero-order chi connectivity index (χ0) is 19.4. The maximum Gasteiger partial charge on any atom is 0.317 e. The molecule has 2 amide bonds. The van der Waals surface area contributed by atoms with Crippen LogP contribution in [0.25, 0.3) is 10.8 Å². The predicted molar refractivity (Wildman–Crippen MR) is 106 cm³/mol. The van der Waals surface area contributed by atoms with Crippen molar-refractivity contribution in [3.63, 3.8) is 0 Å². The van der Waals surface area contributed by atoms with Gasteiger partial charge >= 0.3 is 12.0 Å². The number of amides is 2. The Morgan fingerprint density at radius 1 is 1.19 bits per heavy atom. The van der Waals surface area contributed by atoms with Crippen LogP contribution in [0, 0.1) is 0 Å². The molecule has 1 unspecified atom stereocenters. The van der Waals surface area contributed by atoms with E-state index in [9.17, 15) is 9.59 Å². The van der Waals surface area contributed by atoms with E-state index < -0.39 is 5.97 Å². The van der Waals surface area contributed by atoms with Crippen molar-refractivity contribution in [3.8, 4) is 0 Å². The van der Waals surface area contributed by atoms with Gasteiger partial charge in [0, 0.05) is 12.1 Å². The second kappa shape index (κ2) is 8.39. The molecule has 0 aliphatic heterocycles. The van der Waals surface area contributed by atoms with E-state index in [1.54, 1.807) is 0 Å². The summed E-state index contributed by atoms with van der Waals surface area (Å²) in [6, 6.07) is 14.4. The van der Waals surface area contributed by atoms with Crippen molar-refractivity contribution in [1.29, 1.82) is 0 Å². The second-order valence-electron chi connectivity index (χ2n) is 7.23. The van der Waals surface area contributed by atoms with Crippen molar-refractivity contribution in [2.45, 2.75) is 44.8 Å². The summed E-state index contributed by atoms with van der Waals surface area (Å²) >= 11 is 0. The van der Waals surface area contributed by atoms with Gasteiger partial charge in [-0.3, -0.25) is 9.69 Å². The van der Waals surface area contributed by atoms with Crippen LogP contribution in [-0.2, 0) is 4.79 Å². The topological polar surface area (TPSA) is 81.7 Å². The van der Waals surface area contributed by atoms with Crippen molar-refractivity contribution >= 4 is 22.8 Å². The van der Waals surface area contributed by atoms with E-state index in [-0.39, 0.29) is 30.7 Å². The summed E-state index contributed by atoms with van der Waals surface area (Å²) in [7, 11) is 0. The fourth-order valence-corrected chi connectivity index (χ4v) is 3.66. The Hall–Kier alpha value is -2.60. The van der Waals surface area contributed by atoms with E-state index in [2.05, 4.69) is 34.9 Å². The van der Waals surface area contributed by atoms with Crippen molar-refractivity contribution < 1.29 is 14.7 Å². The van der Waals surface area contributed by atoms with Crippen LogP contribution in [0.2, 0.25) is 0 Å². The molecule has 0 aromatic heterocycles. The molecule has 144 valence electrons. The van der Waals surface area contributed by atoms with Gasteiger partial charge in [0.2, 0.25) is 0 Å². The minimum absolute atomic E-state index is 0.0546. The molecule has 0 bridgehead atoms. The molecule has 1 atom stereocenters. The minimum Gasteiger partial charge on any atom is -0.480 e. The number of benzene rings is 2. The van der Waals surface area contributed by atoms with Gasteiger partial charge in [-0.15, -0.1) is 0 Å². The highest BCUT2D eigenvalue weighted by atomic mass is 16.4. The third-order valence-electron chi connectivity index (χ3n) is 5.33. The van der Waals surface area contributed by atoms with E-state index in [1.807, 2.05) is 36.9 Å². The summed E-state index contributed by atoms with van der Waals surface area (Å²) in [5, 5.41) is 17.3. The number of hydrogen-bond acceptors (Lipinski definition) is 3. The van der Waals surface area contributed by atoms with Crippen LogP contribution in [0.15, 0.2) is 42.5 Å². The number of hydrogen-bond donors (Lipinski definition) is 3. The lowest BCUT2D eigenvalue weighted by atomic mass is 9.85. The molecular weight excluding hydrogens is 342 g/mol. The van der Waals surface area contributed by atoms with E-state index in [0.717, 1.165) is 23.8 Å². The van der Waals surface area contributed by atoms with Crippen molar-refractivity contribution in [2.24, 2.45) is 0 Å². The van der Waals surface area contributed by atoms with Gasteiger partial charge in [0.1, 0.15) is 0 Å². The molecule has 0 heterocycles.